The van der Waals surface area contributed by atoms with Crippen LogP contribution in [0, 0.1) is 0 Å². The molecule has 1 heterocycles. The van der Waals surface area contributed by atoms with Crippen molar-refractivity contribution in [2.24, 2.45) is 0 Å². The maximum absolute atomic E-state index is 5.77. The smallest absolute Gasteiger partial charge is 0.120 e. The van der Waals surface area contributed by atoms with Crippen LogP contribution < -0.4 is 0 Å². The van der Waals surface area contributed by atoms with Crippen molar-refractivity contribution >= 4 is 0 Å². The number of rotatable bonds is 3. The van der Waals surface area contributed by atoms with Crippen molar-refractivity contribution < 1.29 is 4.74 Å². The summed E-state index contributed by atoms with van der Waals surface area (Å²) in [4.78, 5) is 0. The molecule has 66 valence electrons. The van der Waals surface area contributed by atoms with Gasteiger partial charge in [0.2, 0.25) is 0 Å². The molecule has 0 amide bonds. The summed E-state index contributed by atoms with van der Waals surface area (Å²) in [7, 11) is 0. The topological polar surface area (TPSA) is 12.5 Å². The summed E-state index contributed by atoms with van der Waals surface area (Å²) in [6.07, 6.45) is 10.3. The van der Waals surface area contributed by atoms with Crippen LogP contribution in [0.5, 0.6) is 0 Å². The first kappa shape index (κ1) is 7.14. The normalized spacial score (nSPS) is 39.6. The Labute approximate surface area is 73.8 Å². The van der Waals surface area contributed by atoms with Crippen LogP contribution in [0.15, 0.2) is 11.6 Å². The van der Waals surface area contributed by atoms with E-state index in [1.807, 2.05) is 0 Å². The van der Waals surface area contributed by atoms with Gasteiger partial charge in [-0.2, -0.15) is 0 Å². The predicted octanol–water partition coefficient (Wildman–Crippen LogP) is 2.81. The van der Waals surface area contributed by atoms with E-state index in [2.05, 4.69) is 13.0 Å². The maximum atomic E-state index is 5.77. The minimum atomic E-state index is 0.288. The maximum Gasteiger partial charge on any atom is 0.120 e. The molecule has 12 heavy (non-hydrogen) atoms. The Bertz CT molecular complexity index is 250. The Morgan fingerprint density at radius 1 is 1.50 bits per heavy atom. The second kappa shape index (κ2) is 1.95. The molecular formula is C11H16O. The van der Waals surface area contributed by atoms with Crippen LogP contribution >= 0.6 is 0 Å². The lowest BCUT2D eigenvalue weighted by molar-refractivity contribution is 0.304. The number of hydrogen-bond donors (Lipinski definition) is 0. The van der Waals surface area contributed by atoms with E-state index in [1.165, 1.54) is 38.5 Å². The predicted molar refractivity (Wildman–Crippen MR) is 48.0 cm³/mol. The highest BCUT2D eigenvalue weighted by molar-refractivity contribution is 5.44. The molecule has 1 saturated carbocycles. The zero-order valence-electron chi connectivity index (χ0n) is 7.73. The third-order valence-electron chi connectivity index (χ3n) is 3.59. The Morgan fingerprint density at radius 3 is 2.75 bits per heavy atom. The highest BCUT2D eigenvalue weighted by atomic mass is 16.6. The quantitative estimate of drug-likeness (QED) is 0.461. The summed E-state index contributed by atoms with van der Waals surface area (Å²) in [5, 5.41) is 0. The molecule has 2 spiro atoms. The second-order valence-corrected chi connectivity index (χ2v) is 4.57. The third-order valence-corrected chi connectivity index (χ3v) is 3.59. The molecule has 1 nitrogen and oxygen atoms in total. The van der Waals surface area contributed by atoms with Gasteiger partial charge >= 0.3 is 0 Å². The Kier molecular flexibility index (Phi) is 1.16. The molecule has 0 N–H and O–H groups in total. The van der Waals surface area contributed by atoms with Gasteiger partial charge in [-0.25, -0.2) is 0 Å². The molecule has 0 radical (unpaired) electrons. The van der Waals surface area contributed by atoms with E-state index < -0.39 is 0 Å². The van der Waals surface area contributed by atoms with Gasteiger partial charge in [0.1, 0.15) is 11.2 Å². The Balaban J connectivity index is 1.60. The fraction of sp³-hybridized carbons (Fsp3) is 0.818. The zero-order chi connectivity index (χ0) is 8.23. The van der Waals surface area contributed by atoms with Gasteiger partial charge in [0, 0.05) is 6.42 Å². The molecule has 0 aromatic heterocycles. The minimum absolute atomic E-state index is 0.288. The molecule has 2 aliphatic carbocycles. The van der Waals surface area contributed by atoms with Crippen molar-refractivity contribution in [3.8, 4) is 0 Å². The van der Waals surface area contributed by atoms with E-state index >= 15 is 0 Å². The van der Waals surface area contributed by atoms with Gasteiger partial charge in [0.15, 0.2) is 0 Å². The molecule has 1 atom stereocenters. The first-order chi connectivity index (χ1) is 5.80. The van der Waals surface area contributed by atoms with Gasteiger partial charge in [0.25, 0.3) is 0 Å². The standard InChI is InChI=1S/C11H16O/c1-2-3-4-9-7-11(8-9)10(12-11)5-6-10/h7H,2-6,8H2,1H3. The summed E-state index contributed by atoms with van der Waals surface area (Å²) < 4.78 is 5.77. The summed E-state index contributed by atoms with van der Waals surface area (Å²) >= 11 is 0. The summed E-state index contributed by atoms with van der Waals surface area (Å²) in [5.41, 5.74) is 2.33. The van der Waals surface area contributed by atoms with E-state index in [0.717, 1.165) is 0 Å². The van der Waals surface area contributed by atoms with E-state index in [0.29, 0.717) is 5.60 Å². The van der Waals surface area contributed by atoms with Crippen molar-refractivity contribution in [2.75, 3.05) is 0 Å². The highest BCUT2D eigenvalue weighted by Crippen LogP contribution is 2.71. The molecule has 3 rings (SSSR count). The number of epoxide rings is 1. The van der Waals surface area contributed by atoms with Gasteiger partial charge in [-0.15, -0.1) is 0 Å². The van der Waals surface area contributed by atoms with Gasteiger partial charge < -0.3 is 4.74 Å². The zero-order valence-corrected chi connectivity index (χ0v) is 7.73. The molecule has 3 aliphatic rings. The van der Waals surface area contributed by atoms with Crippen LogP contribution in [-0.2, 0) is 4.74 Å². The largest absolute Gasteiger partial charge is 0.358 e. The SMILES string of the molecule is CCCCC1=CC2(C1)OC21CC1. The monoisotopic (exact) mass is 164 g/mol. The minimum Gasteiger partial charge on any atom is -0.358 e. The first-order valence-electron chi connectivity index (χ1n) is 5.21. The van der Waals surface area contributed by atoms with Crippen LogP contribution in [0.2, 0.25) is 0 Å². The van der Waals surface area contributed by atoms with Crippen LogP contribution in [0.4, 0.5) is 0 Å². The molecule has 1 aliphatic heterocycles. The highest BCUT2D eigenvalue weighted by Gasteiger charge is 2.77. The first-order valence-corrected chi connectivity index (χ1v) is 5.21. The van der Waals surface area contributed by atoms with Crippen molar-refractivity contribution in [1.82, 2.24) is 0 Å². The fourth-order valence-corrected chi connectivity index (χ4v) is 2.52. The van der Waals surface area contributed by atoms with Gasteiger partial charge in [-0.1, -0.05) is 25.0 Å². The lowest BCUT2D eigenvalue weighted by atomic mass is 9.80. The molecule has 1 unspecified atom stereocenters. The van der Waals surface area contributed by atoms with Crippen LogP contribution in [0.3, 0.4) is 0 Å². The van der Waals surface area contributed by atoms with Crippen molar-refractivity contribution in [1.29, 1.82) is 0 Å². The van der Waals surface area contributed by atoms with Crippen LogP contribution in [-0.4, -0.2) is 11.2 Å². The van der Waals surface area contributed by atoms with Crippen LogP contribution in [0.1, 0.15) is 45.4 Å². The average molecular weight is 164 g/mol. The van der Waals surface area contributed by atoms with Gasteiger partial charge in [0.05, 0.1) is 0 Å². The van der Waals surface area contributed by atoms with Gasteiger partial charge in [-0.3, -0.25) is 0 Å². The number of unbranched alkanes of at least 4 members (excludes halogenated alkanes) is 1. The molecule has 0 aromatic carbocycles. The van der Waals surface area contributed by atoms with E-state index in [4.69, 9.17) is 4.74 Å². The third kappa shape index (κ3) is 0.731. The van der Waals surface area contributed by atoms with E-state index in [9.17, 15) is 0 Å². The van der Waals surface area contributed by atoms with E-state index in [-0.39, 0.29) is 5.60 Å². The fourth-order valence-electron chi connectivity index (χ4n) is 2.52. The Morgan fingerprint density at radius 2 is 2.25 bits per heavy atom. The summed E-state index contributed by atoms with van der Waals surface area (Å²) in [5.74, 6) is 0. The van der Waals surface area contributed by atoms with Crippen molar-refractivity contribution in [3.63, 3.8) is 0 Å². The molecule has 2 fully saturated rings. The van der Waals surface area contributed by atoms with Crippen molar-refractivity contribution in [2.45, 2.75) is 56.7 Å². The number of fused-ring (bicyclic) bond motifs is 1. The van der Waals surface area contributed by atoms with E-state index in [1.54, 1.807) is 5.57 Å². The lowest BCUT2D eigenvalue weighted by Crippen LogP contribution is -2.23. The molecule has 1 saturated heterocycles. The summed E-state index contributed by atoms with van der Waals surface area (Å²) in [6.45, 7) is 2.25. The Hall–Kier alpha value is -0.300. The lowest BCUT2D eigenvalue weighted by Gasteiger charge is -2.22. The molecular weight excluding hydrogens is 148 g/mol. The number of ether oxygens (including phenoxy) is 1. The molecule has 0 bridgehead atoms. The summed E-state index contributed by atoms with van der Waals surface area (Å²) in [6, 6.07) is 0. The van der Waals surface area contributed by atoms with Gasteiger partial charge in [-0.05, 0) is 25.7 Å². The van der Waals surface area contributed by atoms with Crippen LogP contribution in [0.25, 0.3) is 0 Å². The second-order valence-electron chi connectivity index (χ2n) is 4.57. The van der Waals surface area contributed by atoms with Crippen molar-refractivity contribution in [3.05, 3.63) is 11.6 Å². The molecule has 0 aromatic rings. The molecule has 1 heteroatoms. The average Bonchev–Trinajstić information content (AvgIpc) is 2.86. The number of hydrogen-bond acceptors (Lipinski definition) is 1.